The number of hydrogen-bond donors (Lipinski definition) is 1. The van der Waals surface area contributed by atoms with Crippen LogP contribution in [0.1, 0.15) is 11.1 Å². The van der Waals surface area contributed by atoms with Crippen LogP contribution in [0.15, 0.2) is 23.5 Å². The van der Waals surface area contributed by atoms with Gasteiger partial charge in [-0.1, -0.05) is 4.86 Å². The average Bonchev–Trinajstić information content (AvgIpc) is 2.18. The smallest absolute Gasteiger partial charge is 0.209 e. The van der Waals surface area contributed by atoms with Crippen LogP contribution in [0.4, 0.5) is 0 Å². The van der Waals surface area contributed by atoms with Gasteiger partial charge < -0.3 is 15.2 Å². The number of methoxy groups -OCH3 is 1. The zero-order chi connectivity index (χ0) is 10.6. The number of benzene rings is 1. The van der Waals surface area contributed by atoms with Gasteiger partial charge in [0.25, 0.3) is 0 Å². The molecule has 1 aromatic carbocycles. The molecule has 0 fully saturated rings. The van der Waals surface area contributed by atoms with E-state index in [9.17, 15) is 5.21 Å². The number of hydrogen-bond acceptors (Lipinski definition) is 3. The van der Waals surface area contributed by atoms with Gasteiger partial charge in [0, 0.05) is 5.56 Å². The minimum Gasteiger partial charge on any atom is -0.597 e. The third-order valence-electron chi connectivity index (χ3n) is 1.88. The molecule has 0 saturated carbocycles. The van der Waals surface area contributed by atoms with Crippen LogP contribution in [0.5, 0.6) is 5.75 Å². The first-order valence-corrected chi connectivity index (χ1v) is 4.10. The third kappa shape index (κ3) is 2.35. The van der Waals surface area contributed by atoms with Gasteiger partial charge in [-0.25, -0.2) is 0 Å². The second-order valence-corrected chi connectivity index (χ2v) is 2.90. The molecule has 1 N–H and O–H groups in total. The highest BCUT2D eigenvalue weighted by atomic mass is 16.6. The molecule has 76 valence electrons. The molecule has 0 radical (unpaired) electrons. The minimum atomic E-state index is 0.0291. The summed E-state index contributed by atoms with van der Waals surface area (Å²) in [6.45, 7) is 1.91. The molecule has 0 aliphatic rings. The van der Waals surface area contributed by atoms with Crippen molar-refractivity contribution in [3.63, 3.8) is 0 Å². The molecular formula is C9H12N2O3. The molecule has 0 aliphatic heterocycles. The Labute approximate surface area is 81.8 Å². The summed E-state index contributed by atoms with van der Waals surface area (Å²) in [6.07, 6.45) is 0. The zero-order valence-electron chi connectivity index (χ0n) is 8.10. The summed E-state index contributed by atoms with van der Waals surface area (Å²) in [4.78, 5) is 0.210. The molecule has 0 heterocycles. The fourth-order valence-electron chi connectivity index (χ4n) is 1.23. The van der Waals surface area contributed by atoms with Crippen molar-refractivity contribution in [3.8, 4) is 5.75 Å². The van der Waals surface area contributed by atoms with E-state index >= 15 is 0 Å². The van der Waals surface area contributed by atoms with Crippen molar-refractivity contribution in [2.24, 2.45) is 5.28 Å². The van der Waals surface area contributed by atoms with Crippen LogP contribution < -0.4 is 4.74 Å². The Morgan fingerprint density at radius 3 is 2.79 bits per heavy atom. The summed E-state index contributed by atoms with van der Waals surface area (Å²) >= 11 is 0. The van der Waals surface area contributed by atoms with E-state index in [4.69, 9.17) is 9.94 Å². The summed E-state index contributed by atoms with van der Waals surface area (Å²) < 4.78 is 5.07. The highest BCUT2D eigenvalue weighted by Crippen LogP contribution is 2.18. The fourth-order valence-corrected chi connectivity index (χ4v) is 1.23. The normalized spacial score (nSPS) is 11.4. The Balaban J connectivity index is 2.86. The first kappa shape index (κ1) is 10.3. The van der Waals surface area contributed by atoms with E-state index < -0.39 is 0 Å². The molecule has 1 aromatic rings. The number of nitrogens with zero attached hydrogens (tertiary/aromatic N) is 2. The first-order valence-electron chi connectivity index (χ1n) is 4.10. The van der Waals surface area contributed by atoms with Gasteiger partial charge in [-0.05, 0) is 30.7 Å². The van der Waals surface area contributed by atoms with E-state index in [1.54, 1.807) is 19.2 Å². The molecule has 5 heteroatoms. The van der Waals surface area contributed by atoms with E-state index in [-0.39, 0.29) is 11.4 Å². The molecule has 0 aromatic heterocycles. The topological polar surface area (TPSA) is 67.9 Å². The van der Waals surface area contributed by atoms with Crippen molar-refractivity contribution in [1.29, 1.82) is 0 Å². The maximum absolute atomic E-state index is 10.7. The monoisotopic (exact) mass is 196 g/mol. The Kier molecular flexibility index (Phi) is 3.28. The molecule has 14 heavy (non-hydrogen) atoms. The van der Waals surface area contributed by atoms with E-state index in [2.05, 4.69) is 5.28 Å². The van der Waals surface area contributed by atoms with Crippen molar-refractivity contribution in [1.82, 2.24) is 0 Å². The molecule has 0 spiro atoms. The van der Waals surface area contributed by atoms with Crippen LogP contribution in [-0.4, -0.2) is 17.2 Å². The lowest BCUT2D eigenvalue weighted by molar-refractivity contribution is -0.570. The summed E-state index contributed by atoms with van der Waals surface area (Å²) in [5.41, 5.74) is 1.72. The van der Waals surface area contributed by atoms with Crippen LogP contribution in [0, 0.1) is 12.1 Å². The Bertz CT molecular complexity index is 350. The predicted molar refractivity (Wildman–Crippen MR) is 49.3 cm³/mol. The van der Waals surface area contributed by atoms with E-state index in [0.29, 0.717) is 0 Å². The number of rotatable bonds is 3. The second-order valence-electron chi connectivity index (χ2n) is 2.90. The Morgan fingerprint density at radius 2 is 2.29 bits per heavy atom. The fraction of sp³-hybridized carbons (Fsp3) is 0.333. The van der Waals surface area contributed by atoms with Gasteiger partial charge in [0.15, 0.2) is 5.28 Å². The zero-order valence-corrected chi connectivity index (χ0v) is 8.10. The maximum atomic E-state index is 10.7. The van der Waals surface area contributed by atoms with Gasteiger partial charge in [0.1, 0.15) is 5.75 Å². The van der Waals surface area contributed by atoms with Crippen LogP contribution in [0.3, 0.4) is 0 Å². The maximum Gasteiger partial charge on any atom is 0.209 e. The van der Waals surface area contributed by atoms with Crippen molar-refractivity contribution in [2.45, 2.75) is 13.5 Å². The molecule has 0 unspecified atom stereocenters. The van der Waals surface area contributed by atoms with Gasteiger partial charge in [-0.2, -0.15) is 0 Å². The Hall–Kier alpha value is -1.78. The molecule has 5 nitrogen and oxygen atoms in total. The third-order valence-corrected chi connectivity index (χ3v) is 1.88. The van der Waals surface area contributed by atoms with Crippen molar-refractivity contribution in [2.75, 3.05) is 7.11 Å². The second kappa shape index (κ2) is 4.45. The minimum absolute atomic E-state index is 0.0291. The van der Waals surface area contributed by atoms with E-state index in [1.807, 2.05) is 13.0 Å². The number of aryl methyl sites for hydroxylation is 1. The number of ether oxygens (including phenoxy) is 1. The highest BCUT2D eigenvalue weighted by Gasteiger charge is 2.03. The summed E-state index contributed by atoms with van der Waals surface area (Å²) in [6, 6.07) is 5.34. The molecule has 0 amide bonds. The van der Waals surface area contributed by atoms with E-state index in [1.165, 1.54) is 0 Å². The largest absolute Gasteiger partial charge is 0.597 e. The standard InChI is InChI=1S/C9H12N2O3/c1-7-5-8(6-11(13)10-12)3-4-9(7)14-2/h3-5,12H,6H2,1-2H3. The van der Waals surface area contributed by atoms with Gasteiger partial charge in [-0.3, -0.25) is 0 Å². The molecular weight excluding hydrogens is 184 g/mol. The van der Waals surface area contributed by atoms with Gasteiger partial charge in [0.2, 0.25) is 6.54 Å². The SMILES string of the molecule is COc1ccc(C[N+]([O-])=NO)cc1C. The van der Waals surface area contributed by atoms with Crippen LogP contribution in [0.25, 0.3) is 0 Å². The van der Waals surface area contributed by atoms with Gasteiger partial charge >= 0.3 is 0 Å². The highest BCUT2D eigenvalue weighted by molar-refractivity contribution is 5.35. The van der Waals surface area contributed by atoms with Gasteiger partial charge in [0.05, 0.1) is 7.11 Å². The van der Waals surface area contributed by atoms with Crippen molar-refractivity contribution in [3.05, 3.63) is 34.5 Å². The van der Waals surface area contributed by atoms with Gasteiger partial charge in [-0.15, -0.1) is 0 Å². The van der Waals surface area contributed by atoms with Crippen molar-refractivity contribution >= 4 is 0 Å². The summed E-state index contributed by atoms with van der Waals surface area (Å²) in [5, 5.41) is 21.4. The molecule has 0 aliphatic carbocycles. The predicted octanol–water partition coefficient (Wildman–Crippen LogP) is 1.86. The molecule has 0 bridgehead atoms. The lowest BCUT2D eigenvalue weighted by Gasteiger charge is -2.05. The van der Waals surface area contributed by atoms with Crippen LogP contribution >= 0.6 is 0 Å². The van der Waals surface area contributed by atoms with E-state index in [0.717, 1.165) is 16.9 Å². The molecule has 0 atom stereocenters. The molecule has 1 rings (SSSR count). The summed E-state index contributed by atoms with van der Waals surface area (Å²) in [5.74, 6) is 0.770. The van der Waals surface area contributed by atoms with Crippen LogP contribution in [0.2, 0.25) is 0 Å². The Morgan fingerprint density at radius 1 is 1.57 bits per heavy atom. The quantitative estimate of drug-likeness (QED) is 0.455. The number of hydroxylamine groups is 1. The average molecular weight is 196 g/mol. The first-order chi connectivity index (χ1) is 6.67. The lowest BCUT2D eigenvalue weighted by atomic mass is 10.1. The lowest BCUT2D eigenvalue weighted by Crippen LogP contribution is -2.00. The molecule has 0 saturated heterocycles. The van der Waals surface area contributed by atoms with Crippen molar-refractivity contribution < 1.29 is 14.8 Å². The van der Waals surface area contributed by atoms with Crippen LogP contribution in [-0.2, 0) is 6.54 Å². The summed E-state index contributed by atoms with van der Waals surface area (Å²) in [7, 11) is 1.59.